The van der Waals surface area contributed by atoms with E-state index in [9.17, 15) is 4.79 Å². The van der Waals surface area contributed by atoms with Crippen LogP contribution >= 0.6 is 11.8 Å². The summed E-state index contributed by atoms with van der Waals surface area (Å²) in [4.78, 5) is 11.6. The second-order valence-electron chi connectivity index (χ2n) is 4.57. The molecule has 1 amide bonds. The van der Waals surface area contributed by atoms with Crippen LogP contribution in [-0.2, 0) is 4.79 Å². The standard InChI is InChI=1S/C11H17N3O3S/c1-7(4-15)5-18-6-9(16)12-11-14-13-10(17-11)8-2-3-8/h7-8,15H,2-6H2,1H3,(H,12,14,16). The summed E-state index contributed by atoms with van der Waals surface area (Å²) in [6.45, 7) is 2.08. The molecule has 1 unspecified atom stereocenters. The van der Waals surface area contributed by atoms with E-state index >= 15 is 0 Å². The number of aromatic nitrogens is 2. The van der Waals surface area contributed by atoms with Gasteiger partial charge in [0.1, 0.15) is 0 Å². The van der Waals surface area contributed by atoms with Crippen LogP contribution in [0.1, 0.15) is 31.6 Å². The Balaban J connectivity index is 1.69. The molecule has 1 aromatic heterocycles. The van der Waals surface area contributed by atoms with Crippen molar-refractivity contribution in [1.82, 2.24) is 10.2 Å². The minimum atomic E-state index is -0.156. The van der Waals surface area contributed by atoms with Crippen molar-refractivity contribution in [3.63, 3.8) is 0 Å². The van der Waals surface area contributed by atoms with Gasteiger partial charge in [0.05, 0.1) is 5.75 Å². The van der Waals surface area contributed by atoms with Crippen molar-refractivity contribution in [2.45, 2.75) is 25.7 Å². The number of rotatable bonds is 7. The quantitative estimate of drug-likeness (QED) is 0.776. The highest BCUT2D eigenvalue weighted by atomic mass is 32.2. The van der Waals surface area contributed by atoms with Crippen LogP contribution in [0.4, 0.5) is 6.01 Å². The lowest BCUT2D eigenvalue weighted by Crippen LogP contribution is -2.15. The fraction of sp³-hybridized carbons (Fsp3) is 0.727. The van der Waals surface area contributed by atoms with E-state index in [2.05, 4.69) is 15.5 Å². The van der Waals surface area contributed by atoms with E-state index in [0.717, 1.165) is 18.6 Å². The van der Waals surface area contributed by atoms with Crippen LogP contribution in [0.3, 0.4) is 0 Å². The summed E-state index contributed by atoms with van der Waals surface area (Å²) in [5, 5.41) is 19.1. The second kappa shape index (κ2) is 6.19. The topological polar surface area (TPSA) is 88.2 Å². The number of anilines is 1. The van der Waals surface area contributed by atoms with Gasteiger partial charge in [0.25, 0.3) is 0 Å². The molecule has 7 heteroatoms. The first-order valence-electron chi connectivity index (χ1n) is 6.01. The van der Waals surface area contributed by atoms with Gasteiger partial charge in [-0.1, -0.05) is 12.0 Å². The number of hydrogen-bond donors (Lipinski definition) is 2. The number of aliphatic hydroxyl groups is 1. The summed E-state index contributed by atoms with van der Waals surface area (Å²) < 4.78 is 5.32. The third kappa shape index (κ3) is 3.99. The minimum absolute atomic E-state index is 0.142. The van der Waals surface area contributed by atoms with Gasteiger partial charge in [-0.25, -0.2) is 0 Å². The van der Waals surface area contributed by atoms with Crippen molar-refractivity contribution in [3.8, 4) is 0 Å². The van der Waals surface area contributed by atoms with Crippen LogP contribution in [0.15, 0.2) is 4.42 Å². The third-order valence-corrected chi connectivity index (χ3v) is 3.83. The van der Waals surface area contributed by atoms with Gasteiger partial charge in [0.2, 0.25) is 11.8 Å². The predicted molar refractivity (Wildman–Crippen MR) is 68.5 cm³/mol. The second-order valence-corrected chi connectivity index (χ2v) is 5.60. The number of nitrogens with one attached hydrogen (secondary N) is 1. The van der Waals surface area contributed by atoms with E-state index in [1.165, 1.54) is 11.8 Å². The van der Waals surface area contributed by atoms with Crippen molar-refractivity contribution >= 4 is 23.7 Å². The van der Waals surface area contributed by atoms with E-state index in [4.69, 9.17) is 9.52 Å². The first-order valence-corrected chi connectivity index (χ1v) is 7.16. The lowest BCUT2D eigenvalue weighted by molar-refractivity contribution is -0.113. The molecule has 0 aromatic carbocycles. The number of thioether (sulfide) groups is 1. The van der Waals surface area contributed by atoms with Crippen LogP contribution in [-0.4, -0.2) is 39.3 Å². The summed E-state index contributed by atoms with van der Waals surface area (Å²) in [5.41, 5.74) is 0. The summed E-state index contributed by atoms with van der Waals surface area (Å²) in [6, 6.07) is 0.178. The molecular formula is C11H17N3O3S. The number of hydrogen-bond acceptors (Lipinski definition) is 6. The highest BCUT2D eigenvalue weighted by Gasteiger charge is 2.29. The van der Waals surface area contributed by atoms with E-state index in [0.29, 0.717) is 17.6 Å². The Morgan fingerprint density at radius 1 is 1.61 bits per heavy atom. The van der Waals surface area contributed by atoms with Crippen LogP contribution in [0.2, 0.25) is 0 Å². The molecule has 0 spiro atoms. The number of amides is 1. The van der Waals surface area contributed by atoms with Gasteiger partial charge in [0.15, 0.2) is 0 Å². The van der Waals surface area contributed by atoms with Crippen LogP contribution in [0.5, 0.6) is 0 Å². The van der Waals surface area contributed by atoms with Crippen molar-refractivity contribution in [2.24, 2.45) is 5.92 Å². The molecule has 0 radical (unpaired) electrons. The lowest BCUT2D eigenvalue weighted by atomic mass is 10.2. The van der Waals surface area contributed by atoms with Crippen molar-refractivity contribution in [3.05, 3.63) is 5.89 Å². The zero-order chi connectivity index (χ0) is 13.0. The average molecular weight is 271 g/mol. The summed E-state index contributed by atoms with van der Waals surface area (Å²) in [7, 11) is 0. The van der Waals surface area contributed by atoms with Crippen molar-refractivity contribution < 1.29 is 14.3 Å². The molecule has 1 atom stereocenters. The van der Waals surface area contributed by atoms with Crippen LogP contribution in [0, 0.1) is 5.92 Å². The lowest BCUT2D eigenvalue weighted by Gasteiger charge is -2.06. The molecule has 1 aromatic rings. The molecule has 6 nitrogen and oxygen atoms in total. The molecule has 0 aliphatic heterocycles. The third-order valence-electron chi connectivity index (χ3n) is 2.56. The summed E-state index contributed by atoms with van der Waals surface area (Å²) >= 11 is 1.48. The maximum Gasteiger partial charge on any atom is 0.322 e. The van der Waals surface area contributed by atoms with Gasteiger partial charge in [-0.15, -0.1) is 5.10 Å². The Labute approximate surface area is 110 Å². The molecule has 1 saturated carbocycles. The summed E-state index contributed by atoms with van der Waals surface area (Å²) in [5.74, 6) is 2.13. The van der Waals surface area contributed by atoms with Crippen LogP contribution < -0.4 is 5.32 Å². The smallest absolute Gasteiger partial charge is 0.322 e. The molecule has 2 rings (SSSR count). The molecule has 0 saturated heterocycles. The molecule has 1 fully saturated rings. The molecule has 0 bridgehead atoms. The van der Waals surface area contributed by atoms with E-state index < -0.39 is 0 Å². The molecule has 1 heterocycles. The highest BCUT2D eigenvalue weighted by Crippen LogP contribution is 2.39. The SMILES string of the molecule is CC(CO)CSCC(=O)Nc1nnc(C2CC2)o1. The Morgan fingerprint density at radius 3 is 3.06 bits per heavy atom. The van der Waals surface area contributed by atoms with Gasteiger partial charge in [-0.3, -0.25) is 10.1 Å². The molecular weight excluding hydrogens is 254 g/mol. The van der Waals surface area contributed by atoms with Gasteiger partial charge in [-0.05, 0) is 24.5 Å². The first kappa shape index (κ1) is 13.4. The first-order chi connectivity index (χ1) is 8.69. The zero-order valence-electron chi connectivity index (χ0n) is 10.3. The van der Waals surface area contributed by atoms with Crippen molar-refractivity contribution in [1.29, 1.82) is 0 Å². The van der Waals surface area contributed by atoms with E-state index in [1.54, 1.807) is 0 Å². The Hall–Kier alpha value is -1.08. The molecule has 2 N–H and O–H groups in total. The van der Waals surface area contributed by atoms with Gasteiger partial charge < -0.3 is 9.52 Å². The fourth-order valence-electron chi connectivity index (χ4n) is 1.34. The van der Waals surface area contributed by atoms with Crippen molar-refractivity contribution in [2.75, 3.05) is 23.4 Å². The van der Waals surface area contributed by atoms with Gasteiger partial charge >= 0.3 is 6.01 Å². The van der Waals surface area contributed by atoms with E-state index in [-0.39, 0.29) is 24.4 Å². The Morgan fingerprint density at radius 2 is 2.39 bits per heavy atom. The monoisotopic (exact) mass is 271 g/mol. The maximum absolute atomic E-state index is 11.6. The Bertz CT molecular complexity index is 406. The molecule has 1 aliphatic carbocycles. The molecule has 18 heavy (non-hydrogen) atoms. The number of nitrogens with zero attached hydrogens (tertiary/aromatic N) is 2. The van der Waals surface area contributed by atoms with Gasteiger partial charge in [0, 0.05) is 12.5 Å². The molecule has 1 aliphatic rings. The maximum atomic E-state index is 11.6. The van der Waals surface area contributed by atoms with Crippen LogP contribution in [0.25, 0.3) is 0 Å². The molecule has 100 valence electrons. The fourth-order valence-corrected chi connectivity index (χ4v) is 2.22. The van der Waals surface area contributed by atoms with Gasteiger partial charge in [-0.2, -0.15) is 11.8 Å². The Kier molecular flexibility index (Phi) is 4.60. The highest BCUT2D eigenvalue weighted by molar-refractivity contribution is 7.99. The normalized spacial score (nSPS) is 16.6. The zero-order valence-corrected chi connectivity index (χ0v) is 11.1. The van der Waals surface area contributed by atoms with E-state index in [1.807, 2.05) is 6.92 Å². The predicted octanol–water partition coefficient (Wildman–Crippen LogP) is 1.25. The number of carbonyl (C=O) groups excluding carboxylic acids is 1. The number of aliphatic hydroxyl groups excluding tert-OH is 1. The average Bonchev–Trinajstić information content (AvgIpc) is 3.10. The minimum Gasteiger partial charge on any atom is -0.408 e. The largest absolute Gasteiger partial charge is 0.408 e. The number of carbonyl (C=O) groups is 1. The summed E-state index contributed by atoms with van der Waals surface area (Å²) in [6.07, 6.45) is 2.18.